The number of aromatic nitrogens is 1. The molecular weight excluding hydrogens is 278 g/mol. The summed E-state index contributed by atoms with van der Waals surface area (Å²) >= 11 is 0. The molecule has 0 fully saturated rings. The first-order valence-electron chi connectivity index (χ1n) is 7.71. The van der Waals surface area contributed by atoms with Crippen molar-refractivity contribution in [3.63, 3.8) is 0 Å². The van der Waals surface area contributed by atoms with E-state index >= 15 is 0 Å². The van der Waals surface area contributed by atoms with Crippen LogP contribution in [0.25, 0.3) is 10.9 Å². The summed E-state index contributed by atoms with van der Waals surface area (Å²) < 4.78 is 2.10. The van der Waals surface area contributed by atoms with Gasteiger partial charge in [-0.1, -0.05) is 6.92 Å². The van der Waals surface area contributed by atoms with Crippen LogP contribution in [-0.4, -0.2) is 34.1 Å². The predicted octanol–water partition coefficient (Wildman–Crippen LogP) is 2.17. The number of hydrogen-bond donors (Lipinski definition) is 2. The van der Waals surface area contributed by atoms with Crippen molar-refractivity contribution in [3.05, 3.63) is 34.5 Å². The van der Waals surface area contributed by atoms with Gasteiger partial charge in [0.1, 0.15) is 6.04 Å². The highest BCUT2D eigenvalue weighted by Crippen LogP contribution is 2.35. The molecule has 0 saturated heterocycles. The van der Waals surface area contributed by atoms with E-state index in [4.69, 9.17) is 0 Å². The highest BCUT2D eigenvalue weighted by atomic mass is 16.4. The first-order chi connectivity index (χ1) is 10.5. The average molecular weight is 301 g/mol. The minimum atomic E-state index is -0.839. The molecule has 1 aliphatic rings. The van der Waals surface area contributed by atoms with Gasteiger partial charge in [-0.3, -0.25) is 9.69 Å². The summed E-state index contributed by atoms with van der Waals surface area (Å²) in [6.07, 6.45) is 0. The SMILES string of the molecule is CCN1Cc2cc3c(C(NC)C(=O)O)c(C)n(C)c3cc2C1. The molecule has 5 heteroatoms. The molecule has 1 unspecified atom stereocenters. The quantitative estimate of drug-likeness (QED) is 0.908. The third-order valence-electron chi connectivity index (χ3n) is 4.92. The summed E-state index contributed by atoms with van der Waals surface area (Å²) in [5, 5.41) is 13.5. The summed E-state index contributed by atoms with van der Waals surface area (Å²) in [5.74, 6) is -0.839. The first-order valence-corrected chi connectivity index (χ1v) is 7.71. The van der Waals surface area contributed by atoms with Gasteiger partial charge in [-0.15, -0.1) is 0 Å². The highest BCUT2D eigenvalue weighted by molar-refractivity contribution is 5.92. The van der Waals surface area contributed by atoms with E-state index in [1.807, 2.05) is 14.0 Å². The largest absolute Gasteiger partial charge is 0.480 e. The Morgan fingerprint density at radius 1 is 1.36 bits per heavy atom. The number of aryl methyl sites for hydroxylation is 1. The van der Waals surface area contributed by atoms with E-state index in [1.54, 1.807) is 7.05 Å². The summed E-state index contributed by atoms with van der Waals surface area (Å²) in [5.41, 5.74) is 5.68. The topological polar surface area (TPSA) is 57.5 Å². The molecule has 0 radical (unpaired) electrons. The third-order valence-corrected chi connectivity index (χ3v) is 4.92. The Kier molecular flexibility index (Phi) is 3.70. The number of nitrogens with zero attached hydrogens (tertiary/aromatic N) is 2. The second kappa shape index (κ2) is 5.41. The van der Waals surface area contributed by atoms with Crippen LogP contribution in [-0.2, 0) is 24.9 Å². The molecule has 2 heterocycles. The van der Waals surface area contributed by atoms with Crippen molar-refractivity contribution in [2.75, 3.05) is 13.6 Å². The van der Waals surface area contributed by atoms with E-state index in [1.165, 1.54) is 11.1 Å². The van der Waals surface area contributed by atoms with Crippen LogP contribution in [0.4, 0.5) is 0 Å². The van der Waals surface area contributed by atoms with Gasteiger partial charge in [0.2, 0.25) is 0 Å². The second-order valence-corrected chi connectivity index (χ2v) is 6.06. The van der Waals surface area contributed by atoms with Crippen LogP contribution in [0, 0.1) is 6.92 Å². The molecule has 5 nitrogen and oxygen atoms in total. The van der Waals surface area contributed by atoms with E-state index in [-0.39, 0.29) is 0 Å². The number of hydrogen-bond acceptors (Lipinski definition) is 3. The van der Waals surface area contributed by atoms with Crippen molar-refractivity contribution in [1.29, 1.82) is 0 Å². The summed E-state index contributed by atoms with van der Waals surface area (Å²) in [7, 11) is 3.71. The molecule has 0 saturated carbocycles. The van der Waals surface area contributed by atoms with Gasteiger partial charge < -0.3 is 15.0 Å². The molecule has 1 aromatic heterocycles. The normalized spacial score (nSPS) is 16.2. The maximum atomic E-state index is 11.6. The predicted molar refractivity (Wildman–Crippen MR) is 86.9 cm³/mol. The minimum Gasteiger partial charge on any atom is -0.480 e. The molecule has 0 spiro atoms. The van der Waals surface area contributed by atoms with Crippen molar-refractivity contribution in [1.82, 2.24) is 14.8 Å². The standard InChI is InChI=1S/C17H23N3O2/c1-5-20-8-11-6-13-14(7-12(11)9-20)19(4)10(2)15(13)16(18-3)17(21)22/h6-7,16,18H,5,8-9H2,1-4H3,(H,21,22). The van der Waals surface area contributed by atoms with Crippen molar-refractivity contribution >= 4 is 16.9 Å². The zero-order valence-electron chi connectivity index (χ0n) is 13.6. The van der Waals surface area contributed by atoms with E-state index < -0.39 is 12.0 Å². The summed E-state index contributed by atoms with van der Waals surface area (Å²) in [6.45, 7) is 7.13. The Bertz CT molecular complexity index is 748. The van der Waals surface area contributed by atoms with E-state index in [9.17, 15) is 9.90 Å². The Hall–Kier alpha value is -1.85. The van der Waals surface area contributed by atoms with Crippen LogP contribution in [0.3, 0.4) is 0 Å². The molecule has 3 rings (SSSR count). The molecule has 2 aromatic rings. The first kappa shape index (κ1) is 15.1. The van der Waals surface area contributed by atoms with Gasteiger partial charge >= 0.3 is 5.97 Å². The van der Waals surface area contributed by atoms with Crippen LogP contribution in [0.2, 0.25) is 0 Å². The smallest absolute Gasteiger partial charge is 0.325 e. The fraction of sp³-hybridized carbons (Fsp3) is 0.471. The molecule has 22 heavy (non-hydrogen) atoms. The maximum Gasteiger partial charge on any atom is 0.325 e. The molecule has 0 aliphatic carbocycles. The minimum absolute atomic E-state index is 0.676. The van der Waals surface area contributed by atoms with E-state index in [2.05, 4.69) is 33.8 Å². The van der Waals surface area contributed by atoms with Crippen molar-refractivity contribution < 1.29 is 9.90 Å². The molecule has 2 N–H and O–H groups in total. The van der Waals surface area contributed by atoms with Gasteiger partial charge in [0.25, 0.3) is 0 Å². The lowest BCUT2D eigenvalue weighted by atomic mass is 10.00. The van der Waals surface area contributed by atoms with Crippen LogP contribution in [0.1, 0.15) is 35.3 Å². The number of nitrogens with one attached hydrogen (secondary N) is 1. The second-order valence-electron chi connectivity index (χ2n) is 6.06. The number of likely N-dealkylation sites (N-methyl/N-ethyl adjacent to an activating group) is 1. The number of carboxylic acid groups (broad SMARTS) is 1. The monoisotopic (exact) mass is 301 g/mol. The zero-order valence-corrected chi connectivity index (χ0v) is 13.6. The fourth-order valence-corrected chi connectivity index (χ4v) is 3.54. The Labute approximate surface area is 130 Å². The number of carbonyl (C=O) groups is 1. The third kappa shape index (κ3) is 2.12. The summed E-state index contributed by atoms with van der Waals surface area (Å²) in [6, 6.07) is 3.74. The fourth-order valence-electron chi connectivity index (χ4n) is 3.54. The van der Waals surface area contributed by atoms with Crippen LogP contribution in [0.5, 0.6) is 0 Å². The van der Waals surface area contributed by atoms with E-state index in [0.717, 1.165) is 41.8 Å². The Morgan fingerprint density at radius 2 is 2.00 bits per heavy atom. The zero-order chi connectivity index (χ0) is 16.0. The van der Waals surface area contributed by atoms with Gasteiger partial charge in [0.15, 0.2) is 0 Å². The van der Waals surface area contributed by atoms with Crippen molar-refractivity contribution in [2.45, 2.75) is 33.0 Å². The Balaban J connectivity index is 2.22. The van der Waals surface area contributed by atoms with Gasteiger partial charge in [-0.25, -0.2) is 0 Å². The lowest BCUT2D eigenvalue weighted by Gasteiger charge is -2.12. The molecule has 1 aliphatic heterocycles. The number of carboxylic acids is 1. The molecule has 0 bridgehead atoms. The molecule has 1 atom stereocenters. The average Bonchev–Trinajstić information content (AvgIpc) is 3.00. The van der Waals surface area contributed by atoms with Gasteiger partial charge in [0, 0.05) is 42.3 Å². The van der Waals surface area contributed by atoms with Crippen molar-refractivity contribution in [2.24, 2.45) is 7.05 Å². The lowest BCUT2D eigenvalue weighted by molar-refractivity contribution is -0.139. The van der Waals surface area contributed by atoms with Gasteiger partial charge in [0.05, 0.1) is 0 Å². The number of benzene rings is 1. The van der Waals surface area contributed by atoms with Crippen LogP contribution >= 0.6 is 0 Å². The lowest BCUT2D eigenvalue weighted by Crippen LogP contribution is -2.25. The molecule has 0 amide bonds. The van der Waals surface area contributed by atoms with Crippen LogP contribution in [0.15, 0.2) is 12.1 Å². The van der Waals surface area contributed by atoms with Gasteiger partial charge in [-0.2, -0.15) is 0 Å². The van der Waals surface area contributed by atoms with Gasteiger partial charge in [-0.05, 0) is 43.8 Å². The van der Waals surface area contributed by atoms with Crippen LogP contribution < -0.4 is 5.32 Å². The number of rotatable bonds is 4. The number of fused-ring (bicyclic) bond motifs is 2. The molecule has 118 valence electrons. The molecule has 1 aromatic carbocycles. The van der Waals surface area contributed by atoms with Crippen molar-refractivity contribution in [3.8, 4) is 0 Å². The maximum absolute atomic E-state index is 11.6. The van der Waals surface area contributed by atoms with E-state index in [0.29, 0.717) is 0 Å². The summed E-state index contributed by atoms with van der Waals surface area (Å²) in [4.78, 5) is 14.0. The molecular formula is C17H23N3O2. The Morgan fingerprint density at radius 3 is 2.55 bits per heavy atom. The highest BCUT2D eigenvalue weighted by Gasteiger charge is 2.27. The number of aliphatic carboxylic acids is 1.